The summed E-state index contributed by atoms with van der Waals surface area (Å²) in [6.45, 7) is 11.3. The van der Waals surface area contributed by atoms with Crippen molar-refractivity contribution in [3.63, 3.8) is 0 Å². The summed E-state index contributed by atoms with van der Waals surface area (Å²) in [6, 6.07) is 7.49. The van der Waals surface area contributed by atoms with Gasteiger partial charge in [0, 0.05) is 19.1 Å². The minimum absolute atomic E-state index is 0.614. The summed E-state index contributed by atoms with van der Waals surface area (Å²) in [5.74, 6) is 0. The number of benzene rings is 1. The van der Waals surface area contributed by atoms with Gasteiger partial charge in [-0.1, -0.05) is 29.3 Å². The van der Waals surface area contributed by atoms with Gasteiger partial charge in [0.05, 0.1) is 0 Å². The molecule has 1 unspecified atom stereocenters. The molecule has 1 aliphatic rings. The number of rotatable bonds is 2. The standard InChI is InChI=1S/C15H24N2/c1-12-7-13(2)9-15(8-12)11-17-6-4-5-16-14(3)10-17/h7-9,14,16H,4-6,10-11H2,1-3H3. The first kappa shape index (κ1) is 12.6. The van der Waals surface area contributed by atoms with Crippen molar-refractivity contribution in [3.05, 3.63) is 34.9 Å². The maximum atomic E-state index is 3.54. The fourth-order valence-electron chi connectivity index (χ4n) is 2.76. The lowest BCUT2D eigenvalue weighted by Gasteiger charge is -2.22. The maximum Gasteiger partial charge on any atom is 0.0234 e. The Hall–Kier alpha value is -0.860. The summed E-state index contributed by atoms with van der Waals surface area (Å²) in [5, 5.41) is 3.54. The average molecular weight is 232 g/mol. The molecule has 2 heteroatoms. The fourth-order valence-corrected chi connectivity index (χ4v) is 2.76. The molecule has 1 saturated heterocycles. The van der Waals surface area contributed by atoms with Gasteiger partial charge < -0.3 is 5.32 Å². The molecule has 1 fully saturated rings. The first-order valence-electron chi connectivity index (χ1n) is 6.66. The van der Waals surface area contributed by atoms with Gasteiger partial charge >= 0.3 is 0 Å². The van der Waals surface area contributed by atoms with E-state index in [1.165, 1.54) is 29.7 Å². The van der Waals surface area contributed by atoms with Crippen molar-refractivity contribution in [2.45, 2.75) is 39.8 Å². The minimum Gasteiger partial charge on any atom is -0.313 e. The van der Waals surface area contributed by atoms with Crippen molar-refractivity contribution in [3.8, 4) is 0 Å². The second kappa shape index (κ2) is 5.65. The summed E-state index contributed by atoms with van der Waals surface area (Å²) < 4.78 is 0. The second-order valence-corrected chi connectivity index (χ2v) is 5.44. The van der Waals surface area contributed by atoms with E-state index in [1.807, 2.05) is 0 Å². The maximum absolute atomic E-state index is 3.54. The third-order valence-electron chi connectivity index (χ3n) is 3.36. The van der Waals surface area contributed by atoms with Gasteiger partial charge in [0.1, 0.15) is 0 Å². The van der Waals surface area contributed by atoms with Crippen LogP contribution < -0.4 is 5.32 Å². The van der Waals surface area contributed by atoms with Gasteiger partial charge in [0.15, 0.2) is 0 Å². The molecule has 1 aliphatic heterocycles. The van der Waals surface area contributed by atoms with E-state index < -0.39 is 0 Å². The van der Waals surface area contributed by atoms with Crippen molar-refractivity contribution >= 4 is 0 Å². The van der Waals surface area contributed by atoms with Crippen LogP contribution in [0, 0.1) is 13.8 Å². The lowest BCUT2D eigenvalue weighted by molar-refractivity contribution is 0.264. The third kappa shape index (κ3) is 3.83. The summed E-state index contributed by atoms with van der Waals surface area (Å²) >= 11 is 0. The molecule has 1 N–H and O–H groups in total. The SMILES string of the molecule is Cc1cc(C)cc(CN2CCCNC(C)C2)c1. The Morgan fingerprint density at radius 3 is 2.65 bits per heavy atom. The number of aryl methyl sites for hydroxylation is 2. The predicted octanol–water partition coefficient (Wildman–Crippen LogP) is 2.49. The van der Waals surface area contributed by atoms with Crippen LogP contribution >= 0.6 is 0 Å². The van der Waals surface area contributed by atoms with Crippen molar-refractivity contribution in [2.24, 2.45) is 0 Å². The van der Waals surface area contributed by atoms with E-state index in [-0.39, 0.29) is 0 Å². The lowest BCUT2D eigenvalue weighted by Crippen LogP contribution is -2.34. The zero-order valence-electron chi connectivity index (χ0n) is 11.3. The quantitative estimate of drug-likeness (QED) is 0.843. The molecule has 0 aliphatic carbocycles. The number of nitrogens with one attached hydrogen (secondary N) is 1. The molecular formula is C15H24N2. The first-order valence-corrected chi connectivity index (χ1v) is 6.66. The highest BCUT2D eigenvalue weighted by atomic mass is 15.2. The van der Waals surface area contributed by atoms with Crippen molar-refractivity contribution in [1.82, 2.24) is 10.2 Å². The molecule has 1 aromatic rings. The molecule has 0 amide bonds. The van der Waals surface area contributed by atoms with Crippen LogP contribution in [0.3, 0.4) is 0 Å². The molecule has 1 aromatic carbocycles. The molecule has 0 aromatic heterocycles. The van der Waals surface area contributed by atoms with E-state index in [9.17, 15) is 0 Å². The van der Waals surface area contributed by atoms with Crippen LogP contribution in [0.4, 0.5) is 0 Å². The summed E-state index contributed by atoms with van der Waals surface area (Å²) in [5.41, 5.74) is 4.21. The topological polar surface area (TPSA) is 15.3 Å². The molecule has 2 nitrogen and oxygen atoms in total. The molecule has 0 bridgehead atoms. The molecule has 1 atom stereocenters. The molecule has 94 valence electrons. The van der Waals surface area contributed by atoms with Gasteiger partial charge in [0.2, 0.25) is 0 Å². The predicted molar refractivity (Wildman–Crippen MR) is 73.3 cm³/mol. The van der Waals surface area contributed by atoms with Crippen molar-refractivity contribution < 1.29 is 0 Å². The molecule has 2 rings (SSSR count). The van der Waals surface area contributed by atoms with Gasteiger partial charge in [-0.25, -0.2) is 0 Å². The first-order chi connectivity index (χ1) is 8.13. The smallest absolute Gasteiger partial charge is 0.0234 e. The number of hydrogen-bond donors (Lipinski definition) is 1. The second-order valence-electron chi connectivity index (χ2n) is 5.44. The van der Waals surface area contributed by atoms with Gasteiger partial charge in [-0.3, -0.25) is 4.90 Å². The van der Waals surface area contributed by atoms with E-state index in [2.05, 4.69) is 49.2 Å². The Morgan fingerprint density at radius 1 is 1.24 bits per heavy atom. The van der Waals surface area contributed by atoms with Crippen LogP contribution in [0.2, 0.25) is 0 Å². The Bertz CT molecular complexity index is 353. The Morgan fingerprint density at radius 2 is 1.94 bits per heavy atom. The molecule has 0 saturated carbocycles. The van der Waals surface area contributed by atoms with Gasteiger partial charge in [-0.15, -0.1) is 0 Å². The molecule has 1 heterocycles. The Balaban J connectivity index is 2.03. The van der Waals surface area contributed by atoms with E-state index in [4.69, 9.17) is 0 Å². The van der Waals surface area contributed by atoms with Gasteiger partial charge in [0.25, 0.3) is 0 Å². The van der Waals surface area contributed by atoms with Crippen LogP contribution in [0.15, 0.2) is 18.2 Å². The van der Waals surface area contributed by atoms with Crippen molar-refractivity contribution in [2.75, 3.05) is 19.6 Å². The van der Waals surface area contributed by atoms with Gasteiger partial charge in [-0.2, -0.15) is 0 Å². The normalized spacial score (nSPS) is 22.4. The van der Waals surface area contributed by atoms with E-state index in [0.29, 0.717) is 6.04 Å². The van der Waals surface area contributed by atoms with Crippen LogP contribution in [-0.2, 0) is 6.54 Å². The molecule has 0 spiro atoms. The van der Waals surface area contributed by atoms with Gasteiger partial charge in [-0.05, 0) is 45.8 Å². The largest absolute Gasteiger partial charge is 0.313 e. The van der Waals surface area contributed by atoms with E-state index in [0.717, 1.165) is 19.6 Å². The summed E-state index contributed by atoms with van der Waals surface area (Å²) in [7, 11) is 0. The molecule has 17 heavy (non-hydrogen) atoms. The Kier molecular flexibility index (Phi) is 4.19. The van der Waals surface area contributed by atoms with E-state index in [1.54, 1.807) is 0 Å². The van der Waals surface area contributed by atoms with Crippen LogP contribution in [0.5, 0.6) is 0 Å². The zero-order valence-corrected chi connectivity index (χ0v) is 11.3. The van der Waals surface area contributed by atoms with Crippen LogP contribution in [0.25, 0.3) is 0 Å². The highest BCUT2D eigenvalue weighted by Gasteiger charge is 2.14. The lowest BCUT2D eigenvalue weighted by atomic mass is 10.1. The number of nitrogens with zero attached hydrogens (tertiary/aromatic N) is 1. The molecular weight excluding hydrogens is 208 g/mol. The fraction of sp³-hybridized carbons (Fsp3) is 0.600. The zero-order chi connectivity index (χ0) is 12.3. The third-order valence-corrected chi connectivity index (χ3v) is 3.36. The highest BCUT2D eigenvalue weighted by molar-refractivity contribution is 5.28. The summed E-state index contributed by atoms with van der Waals surface area (Å²) in [4.78, 5) is 2.57. The monoisotopic (exact) mass is 232 g/mol. The Labute approximate surface area is 105 Å². The van der Waals surface area contributed by atoms with E-state index >= 15 is 0 Å². The highest BCUT2D eigenvalue weighted by Crippen LogP contribution is 2.12. The summed E-state index contributed by atoms with van der Waals surface area (Å²) in [6.07, 6.45) is 1.26. The molecule has 0 radical (unpaired) electrons. The van der Waals surface area contributed by atoms with Crippen molar-refractivity contribution in [1.29, 1.82) is 0 Å². The average Bonchev–Trinajstić information content (AvgIpc) is 2.41. The minimum atomic E-state index is 0.614. The van der Waals surface area contributed by atoms with Crippen LogP contribution in [0.1, 0.15) is 30.0 Å². The van der Waals surface area contributed by atoms with Crippen LogP contribution in [-0.4, -0.2) is 30.6 Å². The number of hydrogen-bond acceptors (Lipinski definition) is 2.